The van der Waals surface area contributed by atoms with E-state index in [0.717, 1.165) is 31.1 Å². The molecule has 0 saturated carbocycles. The SMILES string of the molecule is COc1ccc(CNC(=O)NC(C)CN2CCCC(C)C2)cc1OC. The van der Waals surface area contributed by atoms with Crippen LogP contribution in [0.3, 0.4) is 0 Å². The van der Waals surface area contributed by atoms with Gasteiger partial charge in [-0.05, 0) is 49.9 Å². The van der Waals surface area contributed by atoms with E-state index in [1.807, 2.05) is 18.2 Å². The van der Waals surface area contributed by atoms with Gasteiger partial charge in [-0.15, -0.1) is 0 Å². The van der Waals surface area contributed by atoms with Crippen molar-refractivity contribution in [2.75, 3.05) is 33.9 Å². The maximum absolute atomic E-state index is 12.1. The summed E-state index contributed by atoms with van der Waals surface area (Å²) in [7, 11) is 3.21. The number of piperidine rings is 1. The van der Waals surface area contributed by atoms with Gasteiger partial charge < -0.3 is 25.0 Å². The van der Waals surface area contributed by atoms with Crippen molar-refractivity contribution >= 4 is 6.03 Å². The summed E-state index contributed by atoms with van der Waals surface area (Å²) in [4.78, 5) is 14.6. The van der Waals surface area contributed by atoms with Crippen LogP contribution in [-0.2, 0) is 6.54 Å². The van der Waals surface area contributed by atoms with Crippen LogP contribution in [0.25, 0.3) is 0 Å². The largest absolute Gasteiger partial charge is 0.493 e. The first-order valence-electron chi connectivity index (χ1n) is 8.99. The minimum atomic E-state index is -0.146. The van der Waals surface area contributed by atoms with E-state index in [1.54, 1.807) is 14.2 Å². The number of ether oxygens (including phenoxy) is 2. The van der Waals surface area contributed by atoms with E-state index in [0.29, 0.717) is 18.0 Å². The fourth-order valence-electron chi connectivity index (χ4n) is 3.33. The number of rotatable bonds is 7. The molecule has 2 amide bonds. The minimum absolute atomic E-state index is 0.121. The number of nitrogens with zero attached hydrogens (tertiary/aromatic N) is 1. The van der Waals surface area contributed by atoms with Gasteiger partial charge in [0, 0.05) is 25.7 Å². The molecule has 2 unspecified atom stereocenters. The van der Waals surface area contributed by atoms with Gasteiger partial charge >= 0.3 is 6.03 Å². The lowest BCUT2D eigenvalue weighted by Gasteiger charge is -2.32. The molecule has 0 aromatic heterocycles. The zero-order valence-electron chi connectivity index (χ0n) is 15.8. The summed E-state index contributed by atoms with van der Waals surface area (Å²) in [5.41, 5.74) is 0.963. The molecule has 1 aromatic carbocycles. The van der Waals surface area contributed by atoms with Crippen molar-refractivity contribution in [3.8, 4) is 11.5 Å². The number of amides is 2. The molecule has 1 aliphatic heterocycles. The third-order valence-corrected chi connectivity index (χ3v) is 4.55. The highest BCUT2D eigenvalue weighted by Crippen LogP contribution is 2.27. The standard InChI is InChI=1S/C19H31N3O3/c1-14-6-5-9-22(12-14)13-15(2)21-19(23)20-11-16-7-8-17(24-3)18(10-16)25-4/h7-8,10,14-15H,5-6,9,11-13H2,1-4H3,(H2,20,21,23). The molecule has 6 nitrogen and oxygen atoms in total. The van der Waals surface area contributed by atoms with Gasteiger partial charge in [0.05, 0.1) is 14.2 Å². The quantitative estimate of drug-likeness (QED) is 0.794. The molecule has 140 valence electrons. The second-order valence-electron chi connectivity index (χ2n) is 6.92. The molecule has 1 aromatic rings. The van der Waals surface area contributed by atoms with Crippen molar-refractivity contribution in [3.05, 3.63) is 23.8 Å². The fraction of sp³-hybridized carbons (Fsp3) is 0.632. The lowest BCUT2D eigenvalue weighted by molar-refractivity contribution is 0.169. The van der Waals surface area contributed by atoms with E-state index in [9.17, 15) is 4.79 Å². The Kier molecular flexibility index (Phi) is 7.37. The van der Waals surface area contributed by atoms with Gasteiger partial charge in [0.25, 0.3) is 0 Å². The lowest BCUT2D eigenvalue weighted by atomic mass is 10.00. The Morgan fingerprint density at radius 1 is 1.32 bits per heavy atom. The average molecular weight is 349 g/mol. The van der Waals surface area contributed by atoms with E-state index in [1.165, 1.54) is 12.8 Å². The summed E-state index contributed by atoms with van der Waals surface area (Å²) < 4.78 is 10.5. The second-order valence-corrected chi connectivity index (χ2v) is 6.92. The Morgan fingerprint density at radius 2 is 2.08 bits per heavy atom. The fourth-order valence-corrected chi connectivity index (χ4v) is 3.33. The Hall–Kier alpha value is -1.95. The number of urea groups is 1. The van der Waals surface area contributed by atoms with Crippen LogP contribution in [0.5, 0.6) is 11.5 Å². The number of hydrogen-bond acceptors (Lipinski definition) is 4. The normalized spacial score (nSPS) is 19.1. The van der Waals surface area contributed by atoms with Gasteiger partial charge in [-0.1, -0.05) is 13.0 Å². The molecular weight excluding hydrogens is 318 g/mol. The molecular formula is C19H31N3O3. The summed E-state index contributed by atoms with van der Waals surface area (Å²) in [6.07, 6.45) is 2.56. The molecule has 2 rings (SSSR count). The smallest absolute Gasteiger partial charge is 0.315 e. The lowest BCUT2D eigenvalue weighted by Crippen LogP contribution is -2.47. The maximum Gasteiger partial charge on any atom is 0.315 e. The molecule has 1 heterocycles. The zero-order chi connectivity index (χ0) is 18.2. The number of benzene rings is 1. The van der Waals surface area contributed by atoms with Crippen LogP contribution in [0.2, 0.25) is 0 Å². The van der Waals surface area contributed by atoms with E-state index in [4.69, 9.17) is 9.47 Å². The molecule has 0 spiro atoms. The van der Waals surface area contributed by atoms with Crippen molar-refractivity contribution in [3.63, 3.8) is 0 Å². The first-order chi connectivity index (χ1) is 12.0. The molecule has 1 aliphatic rings. The van der Waals surface area contributed by atoms with Crippen LogP contribution in [0.15, 0.2) is 18.2 Å². The third kappa shape index (κ3) is 6.12. The highest BCUT2D eigenvalue weighted by molar-refractivity contribution is 5.74. The van der Waals surface area contributed by atoms with Gasteiger partial charge in [0.2, 0.25) is 0 Å². The highest BCUT2D eigenvalue weighted by Gasteiger charge is 2.18. The summed E-state index contributed by atoms with van der Waals surface area (Å²) in [5.74, 6) is 2.09. The van der Waals surface area contributed by atoms with Gasteiger partial charge in [0.1, 0.15) is 0 Å². The monoisotopic (exact) mass is 349 g/mol. The summed E-state index contributed by atoms with van der Waals surface area (Å²) in [6.45, 7) is 7.94. The molecule has 0 aliphatic carbocycles. The van der Waals surface area contributed by atoms with Gasteiger partial charge in [-0.25, -0.2) is 4.79 Å². The Bertz CT molecular complexity index is 565. The predicted octanol–water partition coefficient (Wildman–Crippen LogP) is 2.62. The van der Waals surface area contributed by atoms with E-state index < -0.39 is 0 Å². The van der Waals surface area contributed by atoms with Crippen LogP contribution in [-0.4, -0.2) is 50.8 Å². The molecule has 1 saturated heterocycles. The van der Waals surface area contributed by atoms with Crippen LogP contribution < -0.4 is 20.1 Å². The van der Waals surface area contributed by atoms with Crippen molar-refractivity contribution in [1.29, 1.82) is 0 Å². The molecule has 1 fully saturated rings. The van der Waals surface area contributed by atoms with Gasteiger partial charge in [-0.3, -0.25) is 0 Å². The van der Waals surface area contributed by atoms with Gasteiger partial charge in [0.15, 0.2) is 11.5 Å². The number of methoxy groups -OCH3 is 2. The van der Waals surface area contributed by atoms with Crippen LogP contribution in [0.4, 0.5) is 4.79 Å². The number of likely N-dealkylation sites (tertiary alicyclic amines) is 1. The average Bonchev–Trinajstić information content (AvgIpc) is 2.59. The van der Waals surface area contributed by atoms with Crippen LogP contribution in [0.1, 0.15) is 32.3 Å². The third-order valence-electron chi connectivity index (χ3n) is 4.55. The van der Waals surface area contributed by atoms with Gasteiger partial charge in [-0.2, -0.15) is 0 Å². The topological polar surface area (TPSA) is 62.8 Å². The molecule has 25 heavy (non-hydrogen) atoms. The van der Waals surface area contributed by atoms with Crippen molar-refractivity contribution in [1.82, 2.24) is 15.5 Å². The number of nitrogens with one attached hydrogen (secondary N) is 2. The van der Waals surface area contributed by atoms with Crippen molar-refractivity contribution in [2.24, 2.45) is 5.92 Å². The Labute approximate surface area is 150 Å². The van der Waals surface area contributed by atoms with E-state index >= 15 is 0 Å². The maximum atomic E-state index is 12.1. The number of hydrogen-bond donors (Lipinski definition) is 2. The predicted molar refractivity (Wildman–Crippen MR) is 99.2 cm³/mol. The van der Waals surface area contributed by atoms with Crippen molar-refractivity contribution < 1.29 is 14.3 Å². The zero-order valence-corrected chi connectivity index (χ0v) is 15.8. The first kappa shape index (κ1) is 19.4. The molecule has 2 N–H and O–H groups in total. The van der Waals surface area contributed by atoms with Crippen LogP contribution >= 0.6 is 0 Å². The second kappa shape index (κ2) is 9.51. The summed E-state index contributed by atoms with van der Waals surface area (Å²) in [6, 6.07) is 5.61. The van der Waals surface area contributed by atoms with Crippen LogP contribution in [0, 0.1) is 5.92 Å². The van der Waals surface area contributed by atoms with E-state index in [-0.39, 0.29) is 12.1 Å². The molecule has 0 radical (unpaired) electrons. The Balaban J connectivity index is 1.76. The number of carbonyl (C=O) groups is 1. The minimum Gasteiger partial charge on any atom is -0.493 e. The summed E-state index contributed by atoms with van der Waals surface area (Å²) >= 11 is 0. The molecule has 6 heteroatoms. The van der Waals surface area contributed by atoms with Crippen molar-refractivity contribution in [2.45, 2.75) is 39.3 Å². The number of carbonyl (C=O) groups excluding carboxylic acids is 1. The highest BCUT2D eigenvalue weighted by atomic mass is 16.5. The van der Waals surface area contributed by atoms with E-state index in [2.05, 4.69) is 29.4 Å². The molecule has 2 atom stereocenters. The Morgan fingerprint density at radius 3 is 2.76 bits per heavy atom. The first-order valence-corrected chi connectivity index (χ1v) is 8.99. The molecule has 0 bridgehead atoms. The summed E-state index contributed by atoms with van der Waals surface area (Å²) in [5, 5.41) is 5.92.